The Morgan fingerprint density at radius 3 is 2.44 bits per heavy atom. The normalized spacial score (nSPS) is 11.8. The van der Waals surface area contributed by atoms with E-state index in [2.05, 4.69) is 15.0 Å². The molecule has 0 saturated carbocycles. The maximum absolute atomic E-state index is 12.3. The summed E-state index contributed by atoms with van der Waals surface area (Å²) in [5.41, 5.74) is 3.27. The molecule has 8 heteroatoms. The average molecular weight is 403 g/mol. The molecule has 0 aliphatic rings. The smallest absolute Gasteiger partial charge is 0.249 e. The van der Waals surface area contributed by atoms with Gasteiger partial charge in [-0.25, -0.2) is 9.51 Å². The molecule has 0 bridgehead atoms. The second kappa shape index (κ2) is 7.94. The number of benzene rings is 2. The number of hydrogen-bond acceptors (Lipinski definition) is 4. The molecule has 0 aliphatic heterocycles. The summed E-state index contributed by atoms with van der Waals surface area (Å²) < 4.78 is 26.2. The van der Waals surface area contributed by atoms with Crippen LogP contribution in [-0.2, 0) is 16.6 Å². The number of nitrogens with zero attached hydrogens (tertiary/aromatic N) is 3. The van der Waals surface area contributed by atoms with Crippen LogP contribution in [0.4, 0.5) is 0 Å². The summed E-state index contributed by atoms with van der Waals surface area (Å²) in [5, 5.41) is 8.66. The van der Waals surface area contributed by atoms with Crippen molar-refractivity contribution in [1.29, 1.82) is 0 Å². The van der Waals surface area contributed by atoms with Crippen LogP contribution < -0.4 is 4.83 Å². The Bertz CT molecular complexity index is 1060. The number of hydrazone groups is 1. The third kappa shape index (κ3) is 4.56. The van der Waals surface area contributed by atoms with Crippen LogP contribution >= 0.6 is 11.6 Å². The van der Waals surface area contributed by atoms with Crippen LogP contribution in [0.3, 0.4) is 0 Å². The largest absolute Gasteiger partial charge is 0.276 e. The Morgan fingerprint density at radius 2 is 1.78 bits per heavy atom. The van der Waals surface area contributed by atoms with Crippen molar-refractivity contribution in [2.45, 2.75) is 25.3 Å². The Morgan fingerprint density at radius 1 is 1.11 bits per heavy atom. The van der Waals surface area contributed by atoms with E-state index in [1.165, 1.54) is 18.3 Å². The highest BCUT2D eigenvalue weighted by Crippen LogP contribution is 2.19. The second-order valence-corrected chi connectivity index (χ2v) is 8.12. The molecule has 0 saturated heterocycles. The van der Waals surface area contributed by atoms with Crippen molar-refractivity contribution in [3.05, 3.63) is 82.1 Å². The number of aromatic nitrogens is 2. The number of sulfonamides is 1. The van der Waals surface area contributed by atoms with E-state index in [-0.39, 0.29) is 4.90 Å². The van der Waals surface area contributed by atoms with Crippen LogP contribution in [0, 0.1) is 13.8 Å². The third-order valence-electron chi connectivity index (χ3n) is 3.98. The van der Waals surface area contributed by atoms with Crippen molar-refractivity contribution in [2.24, 2.45) is 5.10 Å². The van der Waals surface area contributed by atoms with Gasteiger partial charge in [-0.15, -0.1) is 0 Å². The monoisotopic (exact) mass is 402 g/mol. The fraction of sp³-hybridized carbons (Fsp3) is 0.158. The molecule has 0 amide bonds. The zero-order valence-electron chi connectivity index (χ0n) is 14.9. The van der Waals surface area contributed by atoms with E-state index in [0.717, 1.165) is 11.1 Å². The van der Waals surface area contributed by atoms with Gasteiger partial charge in [-0.3, -0.25) is 0 Å². The molecule has 0 aliphatic carbocycles. The van der Waals surface area contributed by atoms with E-state index in [1.54, 1.807) is 23.7 Å². The maximum atomic E-state index is 12.3. The molecule has 2 aromatic carbocycles. The van der Waals surface area contributed by atoms with Crippen molar-refractivity contribution in [3.63, 3.8) is 0 Å². The molecule has 140 valence electrons. The molecule has 6 nitrogen and oxygen atoms in total. The molecular formula is C19H19ClN4O2S. The van der Waals surface area contributed by atoms with Crippen LogP contribution in [0.2, 0.25) is 5.15 Å². The van der Waals surface area contributed by atoms with Gasteiger partial charge in [0.1, 0.15) is 5.15 Å². The lowest BCUT2D eigenvalue weighted by Crippen LogP contribution is -2.18. The average Bonchev–Trinajstić information content (AvgIpc) is 2.90. The summed E-state index contributed by atoms with van der Waals surface area (Å²) in [4.78, 5) is 2.35. The minimum absolute atomic E-state index is 0.146. The summed E-state index contributed by atoms with van der Waals surface area (Å²) in [7, 11) is -3.73. The van der Waals surface area contributed by atoms with Gasteiger partial charge in [-0.05, 0) is 31.5 Å². The number of halogens is 1. The van der Waals surface area contributed by atoms with Crippen molar-refractivity contribution < 1.29 is 8.42 Å². The Hall–Kier alpha value is -2.64. The molecular weight excluding hydrogens is 384 g/mol. The van der Waals surface area contributed by atoms with Crippen molar-refractivity contribution >= 4 is 27.8 Å². The quantitative estimate of drug-likeness (QED) is 0.506. The fourth-order valence-electron chi connectivity index (χ4n) is 2.51. The molecule has 3 aromatic rings. The first-order valence-corrected chi connectivity index (χ1v) is 10.1. The molecule has 0 radical (unpaired) electrons. The highest BCUT2D eigenvalue weighted by atomic mass is 35.5. The van der Waals surface area contributed by atoms with E-state index in [1.807, 2.05) is 37.3 Å². The highest BCUT2D eigenvalue weighted by molar-refractivity contribution is 7.89. The van der Waals surface area contributed by atoms with Crippen molar-refractivity contribution in [2.75, 3.05) is 0 Å². The van der Waals surface area contributed by atoms with Gasteiger partial charge in [0, 0.05) is 0 Å². The molecule has 0 fully saturated rings. The number of hydrogen-bond donors (Lipinski definition) is 1. The van der Waals surface area contributed by atoms with E-state index in [9.17, 15) is 8.42 Å². The molecule has 3 rings (SSSR count). The third-order valence-corrected chi connectivity index (χ3v) is 5.62. The summed E-state index contributed by atoms with van der Waals surface area (Å²) in [6.45, 7) is 4.20. The Kier molecular flexibility index (Phi) is 5.62. The van der Waals surface area contributed by atoms with Gasteiger partial charge in [0.05, 0.1) is 28.9 Å². The van der Waals surface area contributed by atoms with Gasteiger partial charge < -0.3 is 0 Å². The van der Waals surface area contributed by atoms with Crippen LogP contribution in [-0.4, -0.2) is 24.4 Å². The van der Waals surface area contributed by atoms with Gasteiger partial charge in [0.25, 0.3) is 10.0 Å². The van der Waals surface area contributed by atoms with E-state index < -0.39 is 10.0 Å². The summed E-state index contributed by atoms with van der Waals surface area (Å²) in [6, 6.07) is 16.3. The van der Waals surface area contributed by atoms with Gasteiger partial charge >= 0.3 is 0 Å². The summed E-state index contributed by atoms with van der Waals surface area (Å²) >= 11 is 6.40. The predicted octanol–water partition coefficient (Wildman–Crippen LogP) is 3.51. The molecule has 0 atom stereocenters. The molecule has 0 unspecified atom stereocenters. The van der Waals surface area contributed by atoms with Crippen LogP contribution in [0.1, 0.15) is 22.4 Å². The first-order chi connectivity index (χ1) is 12.9. The van der Waals surface area contributed by atoms with Crippen molar-refractivity contribution in [1.82, 2.24) is 14.6 Å². The number of rotatable bonds is 6. The topological polar surface area (TPSA) is 76.3 Å². The van der Waals surface area contributed by atoms with Gasteiger partial charge in [-0.2, -0.15) is 18.6 Å². The highest BCUT2D eigenvalue weighted by Gasteiger charge is 2.14. The van der Waals surface area contributed by atoms with Crippen LogP contribution in [0.25, 0.3) is 0 Å². The molecule has 1 heterocycles. The predicted molar refractivity (Wildman–Crippen MR) is 107 cm³/mol. The van der Waals surface area contributed by atoms with Gasteiger partial charge in [-0.1, -0.05) is 59.6 Å². The Labute approximate surface area is 163 Å². The standard InChI is InChI=1S/C19H19ClN4O2S/c1-14-8-10-17(11-9-14)27(25,26)23-21-12-18-15(2)22-24(19(18)20)13-16-6-4-3-5-7-16/h3-12,23H,13H2,1-2H3/b21-12+. The molecule has 1 aromatic heterocycles. The van der Waals surface area contributed by atoms with Gasteiger partial charge in [0.2, 0.25) is 0 Å². The minimum Gasteiger partial charge on any atom is -0.249 e. The summed E-state index contributed by atoms with van der Waals surface area (Å²) in [6.07, 6.45) is 1.37. The summed E-state index contributed by atoms with van der Waals surface area (Å²) in [5.74, 6) is 0. The zero-order valence-corrected chi connectivity index (χ0v) is 16.5. The molecule has 27 heavy (non-hydrogen) atoms. The zero-order chi connectivity index (χ0) is 19.4. The fourth-order valence-corrected chi connectivity index (χ4v) is 3.58. The van der Waals surface area contributed by atoms with E-state index in [0.29, 0.717) is 23.0 Å². The SMILES string of the molecule is Cc1ccc(S(=O)(=O)N/N=C/c2c(C)nn(Cc3ccccc3)c2Cl)cc1. The Balaban J connectivity index is 1.76. The van der Waals surface area contributed by atoms with Crippen LogP contribution in [0.5, 0.6) is 0 Å². The second-order valence-electron chi connectivity index (χ2n) is 6.10. The molecule has 1 N–H and O–H groups in total. The number of nitrogens with one attached hydrogen (secondary N) is 1. The van der Waals surface area contributed by atoms with Crippen LogP contribution in [0.15, 0.2) is 64.6 Å². The lowest BCUT2D eigenvalue weighted by molar-refractivity contribution is 0.584. The first-order valence-electron chi connectivity index (χ1n) is 8.25. The minimum atomic E-state index is -3.73. The van der Waals surface area contributed by atoms with Crippen molar-refractivity contribution in [3.8, 4) is 0 Å². The lowest BCUT2D eigenvalue weighted by atomic mass is 10.2. The lowest BCUT2D eigenvalue weighted by Gasteiger charge is -2.04. The maximum Gasteiger partial charge on any atom is 0.276 e. The number of aryl methyl sites for hydroxylation is 2. The van der Waals surface area contributed by atoms with E-state index >= 15 is 0 Å². The van der Waals surface area contributed by atoms with Gasteiger partial charge in [0.15, 0.2) is 0 Å². The first kappa shape index (κ1) is 19.1. The molecule has 0 spiro atoms. The van der Waals surface area contributed by atoms with E-state index in [4.69, 9.17) is 11.6 Å².